The lowest BCUT2D eigenvalue weighted by Gasteiger charge is -2.12. The summed E-state index contributed by atoms with van der Waals surface area (Å²) in [5.41, 5.74) is 2.41. The average Bonchev–Trinajstić information content (AvgIpc) is 3.22. The number of nitrogens with one attached hydrogen (secondary N) is 1. The van der Waals surface area contributed by atoms with E-state index in [0.29, 0.717) is 29.7 Å². The Hall–Kier alpha value is -3.74. The fraction of sp³-hybridized carbons (Fsp3) is 0.250. The molecule has 158 valence electrons. The van der Waals surface area contributed by atoms with Gasteiger partial charge in [-0.1, -0.05) is 56.3 Å². The maximum absolute atomic E-state index is 13.2. The van der Waals surface area contributed by atoms with Crippen molar-refractivity contribution in [2.24, 2.45) is 0 Å². The van der Waals surface area contributed by atoms with E-state index >= 15 is 0 Å². The number of aryl methyl sites for hydroxylation is 2. The molecule has 0 saturated carbocycles. The first-order chi connectivity index (χ1) is 15.1. The molecule has 4 rings (SSSR count). The highest BCUT2D eigenvalue weighted by Crippen LogP contribution is 2.17. The van der Waals surface area contributed by atoms with Crippen molar-refractivity contribution in [1.29, 1.82) is 0 Å². The number of benzene rings is 2. The first-order valence-electron chi connectivity index (χ1n) is 10.5. The van der Waals surface area contributed by atoms with Crippen LogP contribution in [0.1, 0.15) is 41.9 Å². The van der Waals surface area contributed by atoms with E-state index in [0.717, 1.165) is 18.4 Å². The first-order valence-corrected chi connectivity index (χ1v) is 10.5. The van der Waals surface area contributed by atoms with Gasteiger partial charge in [0.1, 0.15) is 5.82 Å². The average molecular weight is 415 g/mol. The summed E-state index contributed by atoms with van der Waals surface area (Å²) in [6, 6.07) is 17.2. The zero-order valence-electron chi connectivity index (χ0n) is 17.7. The van der Waals surface area contributed by atoms with E-state index in [1.165, 1.54) is 10.2 Å². The van der Waals surface area contributed by atoms with Gasteiger partial charge in [-0.15, -0.1) is 0 Å². The number of amides is 1. The van der Waals surface area contributed by atoms with E-state index in [1.54, 1.807) is 41.2 Å². The highest BCUT2D eigenvalue weighted by Gasteiger charge is 2.18. The van der Waals surface area contributed by atoms with Crippen molar-refractivity contribution in [1.82, 2.24) is 19.6 Å². The van der Waals surface area contributed by atoms with Crippen LogP contribution in [0.5, 0.6) is 0 Å². The van der Waals surface area contributed by atoms with Crippen molar-refractivity contribution in [2.45, 2.75) is 39.8 Å². The molecule has 2 aromatic carbocycles. The van der Waals surface area contributed by atoms with E-state index in [9.17, 15) is 9.59 Å². The van der Waals surface area contributed by atoms with Crippen molar-refractivity contribution in [3.8, 4) is 0 Å². The van der Waals surface area contributed by atoms with Gasteiger partial charge in [-0.2, -0.15) is 10.2 Å². The van der Waals surface area contributed by atoms with Crippen LogP contribution in [-0.2, 0) is 19.5 Å². The molecule has 2 aromatic heterocycles. The summed E-state index contributed by atoms with van der Waals surface area (Å²) in [7, 11) is 0. The molecule has 31 heavy (non-hydrogen) atoms. The number of aromatic nitrogens is 4. The Bertz CT molecular complexity index is 1270. The second-order valence-electron chi connectivity index (χ2n) is 7.42. The third-order valence-electron chi connectivity index (χ3n) is 5.24. The van der Waals surface area contributed by atoms with Crippen LogP contribution >= 0.6 is 0 Å². The molecule has 2 heterocycles. The van der Waals surface area contributed by atoms with Crippen molar-refractivity contribution in [3.05, 3.63) is 88.0 Å². The second-order valence-corrected chi connectivity index (χ2v) is 7.42. The van der Waals surface area contributed by atoms with Crippen LogP contribution in [0, 0.1) is 0 Å². The summed E-state index contributed by atoms with van der Waals surface area (Å²) in [4.78, 5) is 25.8. The van der Waals surface area contributed by atoms with Crippen LogP contribution in [0.2, 0.25) is 0 Å². The zero-order valence-corrected chi connectivity index (χ0v) is 17.7. The molecule has 0 aliphatic heterocycles. The topological polar surface area (TPSA) is 81.8 Å². The summed E-state index contributed by atoms with van der Waals surface area (Å²) in [5.74, 6) is 0.202. The highest BCUT2D eigenvalue weighted by molar-refractivity contribution is 6.10. The zero-order chi connectivity index (χ0) is 21.8. The Kier molecular flexibility index (Phi) is 5.93. The van der Waals surface area contributed by atoms with Gasteiger partial charge in [-0.25, -0.2) is 9.36 Å². The normalized spacial score (nSPS) is 11.0. The lowest BCUT2D eigenvalue weighted by molar-refractivity contribution is 0.102. The van der Waals surface area contributed by atoms with Crippen LogP contribution in [0.15, 0.2) is 65.6 Å². The van der Waals surface area contributed by atoms with Gasteiger partial charge in [0.2, 0.25) is 0 Å². The van der Waals surface area contributed by atoms with E-state index in [2.05, 4.69) is 46.7 Å². The molecule has 0 aliphatic rings. The summed E-state index contributed by atoms with van der Waals surface area (Å²) in [6.07, 6.45) is 3.39. The van der Waals surface area contributed by atoms with Crippen molar-refractivity contribution in [3.63, 3.8) is 0 Å². The molecule has 0 bridgehead atoms. The third kappa shape index (κ3) is 4.26. The molecular weight excluding hydrogens is 390 g/mol. The van der Waals surface area contributed by atoms with Crippen molar-refractivity contribution in [2.75, 3.05) is 5.32 Å². The predicted octanol–water partition coefficient (Wildman–Crippen LogP) is 3.87. The summed E-state index contributed by atoms with van der Waals surface area (Å²) in [5, 5.41) is 12.7. The van der Waals surface area contributed by atoms with Crippen LogP contribution < -0.4 is 10.9 Å². The maximum atomic E-state index is 13.2. The maximum Gasteiger partial charge on any atom is 0.277 e. The summed E-state index contributed by atoms with van der Waals surface area (Å²) >= 11 is 0. The molecule has 0 saturated heterocycles. The van der Waals surface area contributed by atoms with E-state index in [1.807, 2.05) is 6.92 Å². The van der Waals surface area contributed by atoms with Crippen LogP contribution in [0.25, 0.3) is 10.8 Å². The molecule has 1 N–H and O–H groups in total. The number of hydrogen-bond donors (Lipinski definition) is 1. The van der Waals surface area contributed by atoms with Crippen LogP contribution in [0.4, 0.5) is 5.82 Å². The molecule has 4 aromatic rings. The smallest absolute Gasteiger partial charge is 0.277 e. The number of carbonyl (C=O) groups excluding carboxylic acids is 1. The van der Waals surface area contributed by atoms with E-state index in [4.69, 9.17) is 0 Å². The van der Waals surface area contributed by atoms with Gasteiger partial charge in [-0.3, -0.25) is 9.59 Å². The fourth-order valence-corrected chi connectivity index (χ4v) is 3.56. The monoisotopic (exact) mass is 415 g/mol. The Balaban J connectivity index is 1.63. The van der Waals surface area contributed by atoms with Gasteiger partial charge in [0.05, 0.1) is 18.1 Å². The third-order valence-corrected chi connectivity index (χ3v) is 5.24. The molecule has 0 fully saturated rings. The Morgan fingerprint density at radius 3 is 2.35 bits per heavy atom. The predicted molar refractivity (Wildman–Crippen MR) is 121 cm³/mol. The minimum absolute atomic E-state index is 0.186. The van der Waals surface area contributed by atoms with Crippen LogP contribution in [0.3, 0.4) is 0 Å². The van der Waals surface area contributed by atoms with Gasteiger partial charge < -0.3 is 5.32 Å². The molecule has 7 nitrogen and oxygen atoms in total. The number of anilines is 1. The minimum Gasteiger partial charge on any atom is -0.305 e. The molecule has 0 spiro atoms. The SMILES string of the molecule is CCCn1nc(C(=O)Nc2ccnn2Cc2ccc(CC)cc2)c2ccccc2c1=O. The second kappa shape index (κ2) is 8.95. The minimum atomic E-state index is -0.371. The van der Waals surface area contributed by atoms with Gasteiger partial charge in [0.25, 0.3) is 11.5 Å². The number of carbonyl (C=O) groups is 1. The quantitative estimate of drug-likeness (QED) is 0.497. The fourth-order valence-electron chi connectivity index (χ4n) is 3.56. The lowest BCUT2D eigenvalue weighted by Crippen LogP contribution is -2.28. The van der Waals surface area contributed by atoms with Crippen molar-refractivity contribution >= 4 is 22.5 Å². The molecule has 1 amide bonds. The van der Waals surface area contributed by atoms with Gasteiger partial charge >= 0.3 is 0 Å². The Morgan fingerprint density at radius 2 is 1.65 bits per heavy atom. The highest BCUT2D eigenvalue weighted by atomic mass is 16.2. The van der Waals surface area contributed by atoms with E-state index in [-0.39, 0.29) is 17.2 Å². The first kappa shape index (κ1) is 20.5. The molecular formula is C24H25N5O2. The lowest BCUT2D eigenvalue weighted by atomic mass is 10.1. The number of nitrogens with zero attached hydrogens (tertiary/aromatic N) is 4. The number of rotatable bonds is 7. The number of hydrogen-bond acceptors (Lipinski definition) is 4. The number of fused-ring (bicyclic) bond motifs is 1. The standard InChI is InChI=1S/C24H25N5O2/c1-3-15-28-24(31)20-8-6-5-7-19(20)22(27-28)23(30)26-21-13-14-25-29(21)16-18-11-9-17(4-2)10-12-18/h5-14H,3-4,15-16H2,1-2H3,(H,26,30). The van der Waals surface area contributed by atoms with Gasteiger partial charge in [0.15, 0.2) is 5.69 Å². The molecule has 0 radical (unpaired) electrons. The molecule has 0 atom stereocenters. The van der Waals surface area contributed by atoms with Crippen molar-refractivity contribution < 1.29 is 4.79 Å². The Morgan fingerprint density at radius 1 is 0.935 bits per heavy atom. The largest absolute Gasteiger partial charge is 0.305 e. The van der Waals surface area contributed by atoms with Crippen LogP contribution in [-0.4, -0.2) is 25.5 Å². The molecule has 0 unspecified atom stereocenters. The summed E-state index contributed by atoms with van der Waals surface area (Å²) in [6.45, 7) is 5.08. The van der Waals surface area contributed by atoms with E-state index < -0.39 is 0 Å². The summed E-state index contributed by atoms with van der Waals surface area (Å²) < 4.78 is 3.10. The Labute approximate surface area is 180 Å². The van der Waals surface area contributed by atoms with Gasteiger partial charge in [-0.05, 0) is 30.0 Å². The van der Waals surface area contributed by atoms with Gasteiger partial charge in [0, 0.05) is 18.0 Å². The molecule has 7 heteroatoms. The molecule has 0 aliphatic carbocycles.